The molecule has 3 aromatic rings. The molecular formula is C22H24ClF2N7O3. The minimum atomic E-state index is -0.939. The summed E-state index contributed by atoms with van der Waals surface area (Å²) in [6.45, 7) is 0.519. The first-order valence-corrected chi connectivity index (χ1v) is 11.7. The second-order valence-corrected chi connectivity index (χ2v) is 9.22. The number of benzene rings is 1. The van der Waals surface area contributed by atoms with Gasteiger partial charge in [-0.25, -0.2) is 18.7 Å². The molecule has 186 valence electrons. The van der Waals surface area contributed by atoms with Crippen molar-refractivity contribution in [1.29, 1.82) is 0 Å². The van der Waals surface area contributed by atoms with Crippen LogP contribution in [0.25, 0.3) is 11.2 Å². The number of carbonyl (C=O) groups is 1. The van der Waals surface area contributed by atoms with Gasteiger partial charge in [-0.05, 0) is 37.8 Å². The molecule has 5 N–H and O–H groups in total. The first-order chi connectivity index (χ1) is 16.8. The van der Waals surface area contributed by atoms with Gasteiger partial charge in [0, 0.05) is 12.0 Å². The summed E-state index contributed by atoms with van der Waals surface area (Å²) in [7, 11) is 0. The maximum absolute atomic E-state index is 14.6. The highest BCUT2D eigenvalue weighted by Crippen LogP contribution is 2.38. The van der Waals surface area contributed by atoms with E-state index in [1.54, 1.807) is 4.57 Å². The Balaban J connectivity index is 1.54. The average Bonchev–Trinajstić information content (AvgIpc) is 3.41. The summed E-state index contributed by atoms with van der Waals surface area (Å²) in [5, 5.41) is 15.6. The summed E-state index contributed by atoms with van der Waals surface area (Å²) in [4.78, 5) is 25.0. The van der Waals surface area contributed by atoms with E-state index in [9.17, 15) is 18.7 Å². The Morgan fingerprint density at radius 3 is 2.66 bits per heavy atom. The predicted octanol–water partition coefficient (Wildman–Crippen LogP) is 2.89. The van der Waals surface area contributed by atoms with Crippen molar-refractivity contribution in [2.24, 2.45) is 11.7 Å². The third-order valence-electron chi connectivity index (χ3n) is 6.54. The molecule has 1 saturated heterocycles. The normalized spacial score (nSPS) is 24.6. The summed E-state index contributed by atoms with van der Waals surface area (Å²) in [6.07, 6.45) is 3.12. The van der Waals surface area contributed by atoms with Crippen molar-refractivity contribution < 1.29 is 23.4 Å². The lowest BCUT2D eigenvalue weighted by atomic mass is 9.85. The molecule has 1 saturated carbocycles. The molecule has 2 aliphatic rings. The smallest absolute Gasteiger partial charge is 0.225 e. The van der Waals surface area contributed by atoms with Crippen molar-refractivity contribution in [3.05, 3.63) is 35.0 Å². The molecular weight excluding hydrogens is 484 g/mol. The van der Waals surface area contributed by atoms with Crippen LogP contribution in [0.15, 0.2) is 18.3 Å². The zero-order valence-electron chi connectivity index (χ0n) is 18.5. The van der Waals surface area contributed by atoms with Gasteiger partial charge in [-0.3, -0.25) is 9.36 Å². The molecule has 0 bridgehead atoms. The average molecular weight is 508 g/mol. The Hall–Kier alpha value is -3.09. The van der Waals surface area contributed by atoms with Crippen LogP contribution in [0.4, 0.5) is 26.4 Å². The summed E-state index contributed by atoms with van der Waals surface area (Å²) in [5.74, 6) is -1.91. The van der Waals surface area contributed by atoms with E-state index in [0.29, 0.717) is 43.5 Å². The topological polar surface area (TPSA) is 140 Å². The van der Waals surface area contributed by atoms with Gasteiger partial charge in [-0.1, -0.05) is 11.6 Å². The number of hydrogen-bond acceptors (Lipinski definition) is 8. The van der Waals surface area contributed by atoms with E-state index in [1.165, 1.54) is 6.20 Å². The number of fused-ring (bicyclic) bond motifs is 1. The van der Waals surface area contributed by atoms with Gasteiger partial charge in [-0.15, -0.1) is 0 Å². The number of primary amides is 1. The molecule has 1 aliphatic heterocycles. The second kappa shape index (κ2) is 9.51. The summed E-state index contributed by atoms with van der Waals surface area (Å²) in [6, 6.07) is 1.67. The molecule has 2 atom stereocenters. The number of nitrogens with two attached hydrogens (primary N) is 1. The van der Waals surface area contributed by atoms with Crippen LogP contribution < -0.4 is 16.4 Å². The number of halogens is 3. The zero-order chi connectivity index (χ0) is 24.7. The number of carbonyl (C=O) groups excluding carboxylic acids is 1. The van der Waals surface area contributed by atoms with Crippen molar-refractivity contribution in [3.63, 3.8) is 0 Å². The van der Waals surface area contributed by atoms with E-state index >= 15 is 0 Å². The van der Waals surface area contributed by atoms with E-state index in [4.69, 9.17) is 22.1 Å². The summed E-state index contributed by atoms with van der Waals surface area (Å²) in [5.41, 5.74) is 5.89. The minimum absolute atomic E-state index is 0.161. The van der Waals surface area contributed by atoms with Crippen molar-refractivity contribution >= 4 is 46.3 Å². The number of rotatable bonds is 6. The molecule has 2 aromatic heterocycles. The molecule has 2 unspecified atom stereocenters. The number of aliphatic hydroxyl groups excluding tert-OH is 1. The lowest BCUT2D eigenvalue weighted by molar-refractivity contribution is -0.122. The minimum Gasteiger partial charge on any atom is -0.388 e. The first kappa shape index (κ1) is 23.6. The molecule has 5 rings (SSSR count). The largest absolute Gasteiger partial charge is 0.388 e. The standard InChI is InChI=1S/C22H24ClF2N7O3/c23-12-5-6-13(24)18(17(12)25)30-22-29-14-7-27-21(28-15-8-35-9-16(15)33)31-20(14)32(22)11-3-1-10(2-4-11)19(26)34/h5-7,10-11,15-16,33H,1-4,8-9H2,(H2,26,34)(H,29,30)(H,27,28,31). The highest BCUT2D eigenvalue weighted by Gasteiger charge is 2.31. The predicted molar refractivity (Wildman–Crippen MR) is 124 cm³/mol. The fourth-order valence-corrected chi connectivity index (χ4v) is 4.77. The van der Waals surface area contributed by atoms with Gasteiger partial charge < -0.3 is 26.2 Å². The fourth-order valence-electron chi connectivity index (χ4n) is 4.61. The van der Waals surface area contributed by atoms with Crippen LogP contribution in [-0.4, -0.2) is 55.9 Å². The Bertz CT molecular complexity index is 1270. The molecule has 2 fully saturated rings. The van der Waals surface area contributed by atoms with E-state index in [2.05, 4.69) is 25.6 Å². The first-order valence-electron chi connectivity index (χ1n) is 11.3. The van der Waals surface area contributed by atoms with Crippen LogP contribution in [0.3, 0.4) is 0 Å². The van der Waals surface area contributed by atoms with Gasteiger partial charge in [0.15, 0.2) is 11.5 Å². The summed E-state index contributed by atoms with van der Waals surface area (Å²) < 4.78 is 36.2. The van der Waals surface area contributed by atoms with Crippen LogP contribution in [0.2, 0.25) is 5.02 Å². The molecule has 0 spiro atoms. The van der Waals surface area contributed by atoms with Gasteiger partial charge in [0.2, 0.25) is 17.8 Å². The van der Waals surface area contributed by atoms with E-state index in [0.717, 1.165) is 12.1 Å². The van der Waals surface area contributed by atoms with Gasteiger partial charge in [0.05, 0.1) is 36.6 Å². The lowest BCUT2D eigenvalue weighted by Gasteiger charge is -2.29. The monoisotopic (exact) mass is 507 g/mol. The van der Waals surface area contributed by atoms with E-state index < -0.39 is 23.4 Å². The zero-order valence-corrected chi connectivity index (χ0v) is 19.3. The Morgan fingerprint density at radius 1 is 1.20 bits per heavy atom. The number of amides is 1. The quantitative estimate of drug-likeness (QED) is 0.373. The maximum atomic E-state index is 14.6. The van der Waals surface area contributed by atoms with Gasteiger partial charge >= 0.3 is 0 Å². The number of nitrogens with one attached hydrogen (secondary N) is 2. The van der Waals surface area contributed by atoms with Crippen molar-refractivity contribution in [3.8, 4) is 0 Å². The molecule has 13 heteroatoms. The number of aliphatic hydroxyl groups is 1. The Kier molecular flexibility index (Phi) is 6.43. The van der Waals surface area contributed by atoms with Crippen molar-refractivity contribution in [1.82, 2.24) is 19.5 Å². The molecule has 35 heavy (non-hydrogen) atoms. The molecule has 10 nitrogen and oxygen atoms in total. The maximum Gasteiger partial charge on any atom is 0.225 e. The van der Waals surface area contributed by atoms with Crippen LogP contribution in [0.1, 0.15) is 31.7 Å². The SMILES string of the molecule is NC(=O)C1CCC(n2c(Nc3c(F)ccc(Cl)c3F)nc3cnc(NC4COCC4O)nc32)CC1. The van der Waals surface area contributed by atoms with E-state index in [1.807, 2.05) is 0 Å². The van der Waals surface area contributed by atoms with Gasteiger partial charge in [-0.2, -0.15) is 4.98 Å². The highest BCUT2D eigenvalue weighted by atomic mass is 35.5. The molecule has 1 aromatic carbocycles. The van der Waals surface area contributed by atoms with E-state index in [-0.39, 0.29) is 47.4 Å². The van der Waals surface area contributed by atoms with Crippen LogP contribution in [0, 0.1) is 17.6 Å². The van der Waals surface area contributed by atoms with Gasteiger partial charge in [0.1, 0.15) is 17.0 Å². The Labute approximate surface area is 203 Å². The molecule has 1 aliphatic carbocycles. The van der Waals surface area contributed by atoms with Crippen molar-refractivity contribution in [2.45, 2.75) is 43.9 Å². The number of imidazole rings is 1. The van der Waals surface area contributed by atoms with Crippen LogP contribution >= 0.6 is 11.6 Å². The number of ether oxygens (including phenoxy) is 1. The molecule has 3 heterocycles. The Morgan fingerprint density at radius 2 is 1.97 bits per heavy atom. The summed E-state index contributed by atoms with van der Waals surface area (Å²) >= 11 is 5.86. The number of aromatic nitrogens is 4. The van der Waals surface area contributed by atoms with Crippen LogP contribution in [0.5, 0.6) is 0 Å². The fraction of sp³-hybridized carbons (Fsp3) is 0.455. The van der Waals surface area contributed by atoms with Crippen molar-refractivity contribution in [2.75, 3.05) is 23.8 Å². The molecule has 0 radical (unpaired) electrons. The molecule has 1 amide bonds. The van der Waals surface area contributed by atoms with Gasteiger partial charge in [0.25, 0.3) is 0 Å². The third-order valence-corrected chi connectivity index (χ3v) is 6.83. The number of nitrogens with zero attached hydrogens (tertiary/aromatic N) is 4. The third kappa shape index (κ3) is 4.60. The number of hydrogen-bond donors (Lipinski definition) is 4. The highest BCUT2D eigenvalue weighted by molar-refractivity contribution is 6.31. The lowest BCUT2D eigenvalue weighted by Crippen LogP contribution is -2.32. The second-order valence-electron chi connectivity index (χ2n) is 8.81. The van der Waals surface area contributed by atoms with Crippen LogP contribution in [-0.2, 0) is 9.53 Å². The number of anilines is 3.